The number of benzene rings is 1. The zero-order valence-electron chi connectivity index (χ0n) is 13.6. The third-order valence-corrected chi connectivity index (χ3v) is 3.82. The van der Waals surface area contributed by atoms with Crippen molar-refractivity contribution in [3.63, 3.8) is 0 Å². The molecule has 1 unspecified atom stereocenters. The molecule has 2 rings (SSSR count). The fourth-order valence-corrected chi connectivity index (χ4v) is 2.73. The number of carbonyl (C=O) groups is 3. The van der Waals surface area contributed by atoms with E-state index in [2.05, 4.69) is 5.32 Å². The van der Waals surface area contributed by atoms with Gasteiger partial charge in [0.05, 0.1) is 6.61 Å². The van der Waals surface area contributed by atoms with Gasteiger partial charge in [0.1, 0.15) is 6.04 Å². The van der Waals surface area contributed by atoms with Crippen molar-refractivity contribution in [3.8, 4) is 0 Å². The number of amides is 4. The number of carbonyl (C=O) groups excluding carboxylic acids is 3. The molecule has 0 saturated carbocycles. The maximum atomic E-state index is 12.4. The molecule has 0 aromatic heterocycles. The molecule has 3 N–H and O–H groups in total. The summed E-state index contributed by atoms with van der Waals surface area (Å²) in [5.41, 5.74) is 5.84. The van der Waals surface area contributed by atoms with Gasteiger partial charge in [0.15, 0.2) is 0 Å². The van der Waals surface area contributed by atoms with Crippen LogP contribution in [0.15, 0.2) is 30.3 Å². The molecule has 1 aromatic carbocycles. The van der Waals surface area contributed by atoms with Gasteiger partial charge in [-0.1, -0.05) is 30.3 Å². The van der Waals surface area contributed by atoms with Gasteiger partial charge in [0.2, 0.25) is 5.91 Å². The van der Waals surface area contributed by atoms with Gasteiger partial charge in [-0.3, -0.25) is 15.0 Å². The molecule has 0 aliphatic carbocycles. The Morgan fingerprint density at radius 1 is 1.17 bits per heavy atom. The molecule has 1 aromatic rings. The predicted octanol–water partition coefficient (Wildman–Crippen LogP) is 0.697. The van der Waals surface area contributed by atoms with Crippen LogP contribution in [0.4, 0.5) is 9.59 Å². The molecule has 1 saturated heterocycles. The lowest BCUT2D eigenvalue weighted by atomic mass is 10.0. The number of nitrogens with two attached hydrogens (primary N) is 1. The van der Waals surface area contributed by atoms with Crippen LogP contribution in [0.3, 0.4) is 0 Å². The molecular weight excluding hydrogens is 312 g/mol. The lowest BCUT2D eigenvalue weighted by Gasteiger charge is -2.38. The summed E-state index contributed by atoms with van der Waals surface area (Å²) < 4.78 is 4.99. The van der Waals surface area contributed by atoms with E-state index in [0.29, 0.717) is 32.8 Å². The number of rotatable bonds is 4. The normalized spacial score (nSPS) is 16.3. The summed E-state index contributed by atoms with van der Waals surface area (Å²) in [6, 6.07) is 7.63. The van der Waals surface area contributed by atoms with E-state index in [1.54, 1.807) is 11.8 Å². The predicted molar refractivity (Wildman–Crippen MR) is 87.1 cm³/mol. The van der Waals surface area contributed by atoms with Crippen LogP contribution in [0.25, 0.3) is 0 Å². The maximum absolute atomic E-state index is 12.4. The maximum Gasteiger partial charge on any atom is 0.409 e. The van der Waals surface area contributed by atoms with E-state index >= 15 is 0 Å². The molecule has 1 aliphatic heterocycles. The van der Waals surface area contributed by atoms with Gasteiger partial charge in [-0.05, 0) is 12.5 Å². The Labute approximate surface area is 140 Å². The number of primary amides is 1. The van der Waals surface area contributed by atoms with Crippen LogP contribution in [0, 0.1) is 0 Å². The summed E-state index contributed by atoms with van der Waals surface area (Å²) in [7, 11) is 0. The third-order valence-electron chi connectivity index (χ3n) is 3.82. The average molecular weight is 334 g/mol. The van der Waals surface area contributed by atoms with E-state index < -0.39 is 18.0 Å². The summed E-state index contributed by atoms with van der Waals surface area (Å²) in [6.07, 6.45) is -0.352. The largest absolute Gasteiger partial charge is 0.450 e. The molecule has 0 bridgehead atoms. The van der Waals surface area contributed by atoms with Gasteiger partial charge in [-0.25, -0.2) is 9.59 Å². The number of imide groups is 1. The first-order chi connectivity index (χ1) is 11.5. The number of piperazine rings is 1. The zero-order chi connectivity index (χ0) is 17.5. The number of hydrogen-bond donors (Lipinski definition) is 2. The van der Waals surface area contributed by atoms with Crippen molar-refractivity contribution in [2.75, 3.05) is 32.8 Å². The molecule has 0 radical (unpaired) electrons. The molecule has 1 aliphatic rings. The van der Waals surface area contributed by atoms with Crippen molar-refractivity contribution in [2.45, 2.75) is 13.0 Å². The van der Waals surface area contributed by atoms with Crippen molar-refractivity contribution in [2.24, 2.45) is 5.73 Å². The van der Waals surface area contributed by atoms with Crippen molar-refractivity contribution >= 4 is 18.0 Å². The Kier molecular flexibility index (Phi) is 6.14. The number of nitrogens with one attached hydrogen (secondary N) is 1. The average Bonchev–Trinajstić information content (AvgIpc) is 2.56. The minimum absolute atomic E-state index is 0.326. The molecule has 24 heavy (non-hydrogen) atoms. The van der Waals surface area contributed by atoms with Crippen LogP contribution >= 0.6 is 0 Å². The standard InChI is InChI=1S/C16H22N4O4/c1-2-24-16(23)20-10-8-19(9-11-20)13(14(21)18-15(17)22)12-6-4-3-5-7-12/h3-7,13H,2,8-11H2,1H3,(H3,17,18,21,22). The molecule has 1 atom stereocenters. The Balaban J connectivity index is 2.10. The second-order valence-corrected chi connectivity index (χ2v) is 5.39. The number of nitrogens with zero attached hydrogens (tertiary/aromatic N) is 2. The monoisotopic (exact) mass is 334 g/mol. The molecular formula is C16H22N4O4. The van der Waals surface area contributed by atoms with E-state index in [-0.39, 0.29) is 6.09 Å². The molecule has 1 heterocycles. The second kappa shape index (κ2) is 8.30. The summed E-state index contributed by atoms with van der Waals surface area (Å²) in [6.45, 7) is 3.97. The van der Waals surface area contributed by atoms with E-state index in [1.165, 1.54) is 0 Å². The zero-order valence-corrected chi connectivity index (χ0v) is 13.6. The third kappa shape index (κ3) is 4.45. The van der Waals surface area contributed by atoms with E-state index in [1.807, 2.05) is 35.2 Å². The van der Waals surface area contributed by atoms with Gasteiger partial charge in [0.25, 0.3) is 0 Å². The van der Waals surface area contributed by atoms with E-state index in [4.69, 9.17) is 10.5 Å². The van der Waals surface area contributed by atoms with Gasteiger partial charge >= 0.3 is 12.1 Å². The first-order valence-corrected chi connectivity index (χ1v) is 7.84. The Morgan fingerprint density at radius 3 is 2.33 bits per heavy atom. The van der Waals surface area contributed by atoms with E-state index in [9.17, 15) is 14.4 Å². The summed E-state index contributed by atoms with van der Waals surface area (Å²) in [5.74, 6) is -0.474. The molecule has 1 fully saturated rings. The number of hydrogen-bond acceptors (Lipinski definition) is 5. The van der Waals surface area contributed by atoms with Crippen molar-refractivity contribution in [1.29, 1.82) is 0 Å². The van der Waals surface area contributed by atoms with Crippen molar-refractivity contribution in [3.05, 3.63) is 35.9 Å². The first kappa shape index (κ1) is 17.7. The van der Waals surface area contributed by atoms with Crippen LogP contribution in [0.5, 0.6) is 0 Å². The van der Waals surface area contributed by atoms with Gasteiger partial charge < -0.3 is 15.4 Å². The number of ether oxygens (including phenoxy) is 1. The molecule has 8 nitrogen and oxygen atoms in total. The van der Waals surface area contributed by atoms with Crippen LogP contribution in [-0.2, 0) is 9.53 Å². The molecule has 4 amide bonds. The Hall–Kier alpha value is -2.61. The SMILES string of the molecule is CCOC(=O)N1CCN(C(C(=O)NC(N)=O)c2ccccc2)CC1. The highest BCUT2D eigenvalue weighted by Crippen LogP contribution is 2.22. The lowest BCUT2D eigenvalue weighted by molar-refractivity contribution is -0.126. The first-order valence-electron chi connectivity index (χ1n) is 7.84. The van der Waals surface area contributed by atoms with Crippen molar-refractivity contribution in [1.82, 2.24) is 15.1 Å². The quantitative estimate of drug-likeness (QED) is 0.843. The Bertz CT molecular complexity index is 585. The molecule has 130 valence electrons. The fraction of sp³-hybridized carbons (Fsp3) is 0.438. The van der Waals surface area contributed by atoms with Crippen LogP contribution in [-0.4, -0.2) is 60.6 Å². The number of urea groups is 1. The fourth-order valence-electron chi connectivity index (χ4n) is 2.73. The lowest BCUT2D eigenvalue weighted by Crippen LogP contribution is -2.53. The minimum atomic E-state index is -0.883. The highest BCUT2D eigenvalue weighted by atomic mass is 16.6. The van der Waals surface area contributed by atoms with Crippen LogP contribution in [0.2, 0.25) is 0 Å². The highest BCUT2D eigenvalue weighted by Gasteiger charge is 2.32. The minimum Gasteiger partial charge on any atom is -0.450 e. The van der Waals surface area contributed by atoms with Gasteiger partial charge in [-0.2, -0.15) is 0 Å². The molecule has 0 spiro atoms. The van der Waals surface area contributed by atoms with Crippen LogP contribution in [0.1, 0.15) is 18.5 Å². The second-order valence-electron chi connectivity index (χ2n) is 5.39. The summed E-state index contributed by atoms with van der Waals surface area (Å²) in [5, 5.41) is 2.15. The van der Waals surface area contributed by atoms with E-state index in [0.717, 1.165) is 5.56 Å². The summed E-state index contributed by atoms with van der Waals surface area (Å²) in [4.78, 5) is 38.8. The summed E-state index contributed by atoms with van der Waals surface area (Å²) >= 11 is 0. The van der Waals surface area contributed by atoms with Crippen molar-refractivity contribution < 1.29 is 19.1 Å². The Morgan fingerprint density at radius 2 is 1.79 bits per heavy atom. The van der Waals surface area contributed by atoms with Gasteiger partial charge in [-0.15, -0.1) is 0 Å². The smallest absolute Gasteiger partial charge is 0.409 e. The molecule has 8 heteroatoms. The van der Waals surface area contributed by atoms with Crippen LogP contribution < -0.4 is 11.1 Å². The highest BCUT2D eigenvalue weighted by molar-refractivity contribution is 5.96. The van der Waals surface area contributed by atoms with Gasteiger partial charge in [0, 0.05) is 26.2 Å². The topological polar surface area (TPSA) is 105 Å².